The van der Waals surface area contributed by atoms with Crippen molar-refractivity contribution in [1.82, 2.24) is 5.32 Å². The summed E-state index contributed by atoms with van der Waals surface area (Å²) in [4.78, 5) is 25.8. The predicted molar refractivity (Wildman–Crippen MR) is 110 cm³/mol. The number of carbonyl (C=O) groups is 2. The summed E-state index contributed by atoms with van der Waals surface area (Å²) in [5.41, 5.74) is -2.49. The molecule has 0 radical (unpaired) electrons. The number of nitrogens with one attached hydrogen (secondary N) is 1. The number of carbonyl (C=O) groups excluding carboxylic acids is 2. The van der Waals surface area contributed by atoms with Crippen LogP contribution in [0.1, 0.15) is 47.0 Å². The zero-order chi connectivity index (χ0) is 21.6. The summed E-state index contributed by atoms with van der Waals surface area (Å²) in [7, 11) is 0. The first-order chi connectivity index (χ1) is 13.6. The van der Waals surface area contributed by atoms with Gasteiger partial charge in [0.05, 0.1) is 6.10 Å². The molecule has 0 aromatic heterocycles. The van der Waals surface area contributed by atoms with E-state index in [0.29, 0.717) is 0 Å². The van der Waals surface area contributed by atoms with Crippen molar-refractivity contribution in [2.45, 2.75) is 58.6 Å². The van der Waals surface area contributed by atoms with Crippen LogP contribution >= 0.6 is 0 Å². The maximum atomic E-state index is 13.1. The predicted octanol–water partition coefficient (Wildman–Crippen LogP) is 2.43. The number of hydrogen-bond donors (Lipinski definition) is 4. The topological polar surface area (TPSA) is 107 Å². The van der Waals surface area contributed by atoms with Gasteiger partial charge in [-0.05, 0) is 57.8 Å². The van der Waals surface area contributed by atoms with Gasteiger partial charge in [-0.1, -0.05) is 31.2 Å². The molecule has 1 saturated heterocycles. The van der Waals surface area contributed by atoms with E-state index in [1.807, 2.05) is 32.1 Å². The van der Waals surface area contributed by atoms with Gasteiger partial charge < -0.3 is 20.6 Å². The van der Waals surface area contributed by atoms with Crippen molar-refractivity contribution in [3.05, 3.63) is 35.6 Å². The van der Waals surface area contributed by atoms with Crippen LogP contribution < -0.4 is 5.32 Å². The number of aliphatic hydroxyl groups excluding tert-OH is 3. The molecule has 7 atom stereocenters. The van der Waals surface area contributed by atoms with Crippen LogP contribution in [0.3, 0.4) is 0 Å². The van der Waals surface area contributed by atoms with E-state index in [-0.39, 0.29) is 41.6 Å². The van der Waals surface area contributed by atoms with Gasteiger partial charge in [-0.2, -0.15) is 0 Å². The standard InChI is InChI=1S/C23H33NO5/c1-5-6-16-9-8-15-11-14(12-25)7-10-17(15)22(16,3)19(27)18-20(28)23(4,13(2)26)24-21(18)29/h5-6,8-9,13-17,25-27H,7,10-12H2,1-4H3,(H,24,29)/t13-,14+,15+,16+,17+,22+,23-/m0/s1. The van der Waals surface area contributed by atoms with E-state index in [1.165, 1.54) is 13.8 Å². The Kier molecular flexibility index (Phi) is 5.80. The van der Waals surface area contributed by atoms with E-state index < -0.39 is 28.7 Å². The van der Waals surface area contributed by atoms with E-state index in [9.17, 15) is 24.9 Å². The van der Waals surface area contributed by atoms with Gasteiger partial charge in [0.2, 0.25) is 0 Å². The van der Waals surface area contributed by atoms with Crippen LogP contribution in [-0.2, 0) is 9.59 Å². The van der Waals surface area contributed by atoms with E-state index >= 15 is 0 Å². The first kappa shape index (κ1) is 21.8. The van der Waals surface area contributed by atoms with Crippen molar-refractivity contribution >= 4 is 11.7 Å². The molecule has 4 N–H and O–H groups in total. The molecule has 0 aromatic carbocycles. The fraction of sp³-hybridized carbons (Fsp3) is 0.652. The Hall–Kier alpha value is -1.92. The Morgan fingerprint density at radius 2 is 2.00 bits per heavy atom. The summed E-state index contributed by atoms with van der Waals surface area (Å²) in [5, 5.41) is 33.7. The highest BCUT2D eigenvalue weighted by Gasteiger charge is 2.56. The first-order valence-corrected chi connectivity index (χ1v) is 10.5. The normalized spacial score (nSPS) is 42.7. The Bertz CT molecular complexity index is 782. The van der Waals surface area contributed by atoms with Crippen molar-refractivity contribution in [2.24, 2.45) is 29.1 Å². The second-order valence-corrected chi connectivity index (χ2v) is 9.24. The number of rotatable bonds is 4. The lowest BCUT2D eigenvalue weighted by Crippen LogP contribution is -2.52. The fourth-order valence-corrected chi connectivity index (χ4v) is 5.43. The quantitative estimate of drug-likeness (QED) is 0.250. The van der Waals surface area contributed by atoms with Crippen LogP contribution in [0.25, 0.3) is 0 Å². The number of ketones is 1. The Morgan fingerprint density at radius 1 is 1.31 bits per heavy atom. The maximum absolute atomic E-state index is 13.1. The van der Waals surface area contributed by atoms with Gasteiger partial charge in [-0.3, -0.25) is 9.59 Å². The van der Waals surface area contributed by atoms with Crippen molar-refractivity contribution in [3.63, 3.8) is 0 Å². The van der Waals surface area contributed by atoms with Gasteiger partial charge in [0.1, 0.15) is 16.9 Å². The number of Topliss-reactive ketones (excluding diaryl/α,β-unsaturated/α-hetero) is 1. The summed E-state index contributed by atoms with van der Waals surface area (Å²) in [5.74, 6) is -1.11. The van der Waals surface area contributed by atoms with Crippen LogP contribution in [0, 0.1) is 29.1 Å². The number of hydrogen-bond acceptors (Lipinski definition) is 5. The minimum atomic E-state index is -1.44. The molecule has 0 aromatic rings. The highest BCUT2D eigenvalue weighted by molar-refractivity contribution is 6.29. The highest BCUT2D eigenvalue weighted by Crippen LogP contribution is 2.56. The third kappa shape index (κ3) is 3.26. The Balaban J connectivity index is 2.12. The third-order valence-electron chi connectivity index (χ3n) is 7.58. The first-order valence-electron chi connectivity index (χ1n) is 10.5. The van der Waals surface area contributed by atoms with Crippen LogP contribution in [0.4, 0.5) is 0 Å². The summed E-state index contributed by atoms with van der Waals surface area (Å²) < 4.78 is 0. The zero-order valence-corrected chi connectivity index (χ0v) is 17.7. The van der Waals surface area contributed by atoms with Crippen LogP contribution in [0.15, 0.2) is 35.6 Å². The van der Waals surface area contributed by atoms with Gasteiger partial charge in [0.25, 0.3) is 5.91 Å². The summed E-state index contributed by atoms with van der Waals surface area (Å²) in [6, 6.07) is 0. The summed E-state index contributed by atoms with van der Waals surface area (Å²) >= 11 is 0. The third-order valence-corrected chi connectivity index (χ3v) is 7.58. The van der Waals surface area contributed by atoms with E-state index in [4.69, 9.17) is 0 Å². The average Bonchev–Trinajstić information content (AvgIpc) is 2.92. The molecule has 29 heavy (non-hydrogen) atoms. The van der Waals surface area contributed by atoms with Crippen molar-refractivity contribution in [1.29, 1.82) is 0 Å². The molecule has 2 aliphatic carbocycles. The van der Waals surface area contributed by atoms with Gasteiger partial charge >= 0.3 is 0 Å². The summed E-state index contributed by atoms with van der Waals surface area (Å²) in [6.07, 6.45) is 9.50. The van der Waals surface area contributed by atoms with Crippen molar-refractivity contribution < 1.29 is 24.9 Å². The van der Waals surface area contributed by atoms with Crippen LogP contribution in [-0.4, -0.2) is 45.3 Å². The largest absolute Gasteiger partial charge is 0.511 e. The van der Waals surface area contributed by atoms with E-state index in [0.717, 1.165) is 19.3 Å². The second-order valence-electron chi connectivity index (χ2n) is 9.24. The molecule has 2 fully saturated rings. The Morgan fingerprint density at radius 3 is 2.55 bits per heavy atom. The maximum Gasteiger partial charge on any atom is 0.259 e. The lowest BCUT2D eigenvalue weighted by atomic mass is 9.54. The minimum Gasteiger partial charge on any atom is -0.511 e. The molecular formula is C23H33NO5. The lowest BCUT2D eigenvalue weighted by molar-refractivity contribution is -0.123. The zero-order valence-electron chi connectivity index (χ0n) is 17.7. The molecule has 1 saturated carbocycles. The molecule has 6 heteroatoms. The fourth-order valence-electron chi connectivity index (χ4n) is 5.43. The second kappa shape index (κ2) is 7.73. The van der Waals surface area contributed by atoms with Crippen LogP contribution in [0.2, 0.25) is 0 Å². The monoisotopic (exact) mass is 403 g/mol. The molecular weight excluding hydrogens is 370 g/mol. The molecule has 1 aliphatic heterocycles. The minimum absolute atomic E-state index is 0.0445. The van der Waals surface area contributed by atoms with Gasteiger partial charge in [0.15, 0.2) is 5.78 Å². The van der Waals surface area contributed by atoms with Crippen molar-refractivity contribution in [3.8, 4) is 0 Å². The van der Waals surface area contributed by atoms with Crippen LogP contribution in [0.5, 0.6) is 0 Å². The number of aliphatic hydroxyl groups is 3. The number of fused-ring (bicyclic) bond motifs is 1. The average molecular weight is 404 g/mol. The molecule has 3 rings (SSSR count). The SMILES string of the molecule is CC=C[C@@H]1C=C[C@@H]2C[C@H](CO)CC[C@H]2[C@]1(C)C(O)=C1C(=O)N[C@@](C)([C@H](C)O)C1=O. The summed E-state index contributed by atoms with van der Waals surface area (Å²) in [6.45, 7) is 6.93. The Labute approximate surface area is 172 Å². The van der Waals surface area contributed by atoms with Gasteiger partial charge in [-0.25, -0.2) is 0 Å². The molecule has 3 aliphatic rings. The van der Waals surface area contributed by atoms with Gasteiger partial charge in [-0.15, -0.1) is 0 Å². The molecule has 160 valence electrons. The molecule has 1 heterocycles. The van der Waals surface area contributed by atoms with Gasteiger partial charge in [0, 0.05) is 17.9 Å². The van der Waals surface area contributed by atoms with Crippen molar-refractivity contribution in [2.75, 3.05) is 6.61 Å². The van der Waals surface area contributed by atoms with E-state index in [1.54, 1.807) is 0 Å². The molecule has 0 bridgehead atoms. The molecule has 6 nitrogen and oxygen atoms in total. The lowest BCUT2D eigenvalue weighted by Gasteiger charge is -2.50. The smallest absolute Gasteiger partial charge is 0.259 e. The highest BCUT2D eigenvalue weighted by atomic mass is 16.3. The van der Waals surface area contributed by atoms with E-state index in [2.05, 4.69) is 11.4 Å². The number of allylic oxidation sites excluding steroid dienone is 5. The number of amides is 1. The molecule has 1 amide bonds. The molecule has 0 unspecified atom stereocenters. The molecule has 0 spiro atoms.